The number of hydrogen-bond donors (Lipinski definition) is 1. The van der Waals surface area contributed by atoms with Crippen LogP contribution in [0.1, 0.15) is 11.6 Å². The Morgan fingerprint density at radius 2 is 1.74 bits per heavy atom. The monoisotopic (exact) mass is 354 g/mol. The highest BCUT2D eigenvalue weighted by atomic mass is 79.9. The van der Waals surface area contributed by atoms with Gasteiger partial charge in [-0.15, -0.1) is 0 Å². The van der Waals surface area contributed by atoms with Crippen LogP contribution in [0.4, 0.5) is 5.69 Å². The molecule has 0 fully saturated rings. The van der Waals surface area contributed by atoms with Crippen molar-refractivity contribution in [1.29, 1.82) is 5.26 Å². The van der Waals surface area contributed by atoms with Gasteiger partial charge in [0.05, 0.1) is 6.07 Å². The van der Waals surface area contributed by atoms with Crippen LogP contribution in [-0.4, -0.2) is 0 Å². The van der Waals surface area contributed by atoms with Crippen LogP contribution in [0.5, 0.6) is 0 Å². The van der Waals surface area contributed by atoms with Gasteiger partial charge in [-0.3, -0.25) is 0 Å². The number of nitrogens with one attached hydrogen (secondary N) is 1. The van der Waals surface area contributed by atoms with Crippen LogP contribution in [0, 0.1) is 11.3 Å². The lowest BCUT2D eigenvalue weighted by molar-refractivity contribution is 0.998. The summed E-state index contributed by atoms with van der Waals surface area (Å²) in [6.45, 7) is 0. The number of rotatable bonds is 3. The first kappa shape index (κ1) is 14.2. The van der Waals surface area contributed by atoms with E-state index in [0.717, 1.165) is 10.2 Å². The molecule has 0 saturated carbocycles. The average molecular weight is 356 g/mol. The molecule has 0 aromatic heterocycles. The predicted molar refractivity (Wildman–Crippen MR) is 82.6 cm³/mol. The van der Waals surface area contributed by atoms with E-state index in [0.29, 0.717) is 15.6 Å². The Hall–Kier alpha value is -1.21. The summed E-state index contributed by atoms with van der Waals surface area (Å²) in [7, 11) is 0. The third kappa shape index (κ3) is 3.42. The summed E-state index contributed by atoms with van der Waals surface area (Å²) in [6, 6.07) is 14.3. The second-order valence-electron chi connectivity index (χ2n) is 3.85. The third-order valence-corrected chi connectivity index (χ3v) is 3.71. The topological polar surface area (TPSA) is 35.8 Å². The van der Waals surface area contributed by atoms with Crippen LogP contribution in [0.2, 0.25) is 10.0 Å². The van der Waals surface area contributed by atoms with Gasteiger partial charge in [-0.2, -0.15) is 5.26 Å². The van der Waals surface area contributed by atoms with E-state index >= 15 is 0 Å². The molecule has 0 heterocycles. The predicted octanol–water partition coefficient (Wildman–Crippen LogP) is 5.43. The lowest BCUT2D eigenvalue weighted by Gasteiger charge is -2.16. The van der Waals surface area contributed by atoms with Crippen molar-refractivity contribution in [3.05, 3.63) is 62.5 Å². The first-order valence-electron chi connectivity index (χ1n) is 5.47. The first-order chi connectivity index (χ1) is 9.11. The number of hydrogen-bond acceptors (Lipinski definition) is 2. The zero-order chi connectivity index (χ0) is 13.8. The van der Waals surface area contributed by atoms with Gasteiger partial charge >= 0.3 is 0 Å². The highest BCUT2D eigenvalue weighted by Crippen LogP contribution is 2.32. The van der Waals surface area contributed by atoms with E-state index in [-0.39, 0.29) is 0 Å². The molecule has 1 atom stereocenters. The van der Waals surface area contributed by atoms with Gasteiger partial charge in [-0.1, -0.05) is 51.3 Å². The van der Waals surface area contributed by atoms with E-state index in [2.05, 4.69) is 27.3 Å². The molecule has 0 radical (unpaired) electrons. The minimum Gasteiger partial charge on any atom is -0.366 e. The molecule has 0 spiro atoms. The van der Waals surface area contributed by atoms with Crippen LogP contribution in [0.15, 0.2) is 46.9 Å². The lowest BCUT2D eigenvalue weighted by atomic mass is 10.1. The van der Waals surface area contributed by atoms with Gasteiger partial charge in [0.25, 0.3) is 0 Å². The smallest absolute Gasteiger partial charge is 0.143 e. The van der Waals surface area contributed by atoms with Crippen LogP contribution in [0.3, 0.4) is 0 Å². The second-order valence-corrected chi connectivity index (χ2v) is 5.58. The largest absolute Gasteiger partial charge is 0.366 e. The summed E-state index contributed by atoms with van der Waals surface area (Å²) in [5, 5.41) is 13.4. The Morgan fingerprint density at radius 1 is 1.11 bits per heavy atom. The van der Waals surface area contributed by atoms with Crippen molar-refractivity contribution < 1.29 is 0 Å². The number of halogens is 3. The Bertz CT molecular complexity index is 617. The fourth-order valence-electron chi connectivity index (χ4n) is 1.70. The van der Waals surface area contributed by atoms with Crippen molar-refractivity contribution >= 4 is 44.8 Å². The maximum atomic E-state index is 9.32. The molecule has 2 rings (SSSR count). The maximum absolute atomic E-state index is 9.32. The molecule has 0 bridgehead atoms. The normalized spacial score (nSPS) is 11.7. The van der Waals surface area contributed by atoms with E-state index in [9.17, 15) is 5.26 Å². The molecule has 1 unspecified atom stereocenters. The van der Waals surface area contributed by atoms with Gasteiger partial charge < -0.3 is 5.32 Å². The molecule has 0 amide bonds. The molecule has 5 heteroatoms. The van der Waals surface area contributed by atoms with Crippen LogP contribution in [0.25, 0.3) is 0 Å². The molecule has 2 nitrogen and oxygen atoms in total. The summed E-state index contributed by atoms with van der Waals surface area (Å²) < 4.78 is 0.930. The van der Waals surface area contributed by atoms with E-state index in [1.165, 1.54) is 0 Å². The Labute approximate surface area is 130 Å². The van der Waals surface area contributed by atoms with Crippen LogP contribution < -0.4 is 5.32 Å². The van der Waals surface area contributed by atoms with E-state index in [1.54, 1.807) is 18.2 Å². The molecule has 2 aromatic carbocycles. The van der Waals surface area contributed by atoms with Gasteiger partial charge in [-0.25, -0.2) is 0 Å². The Morgan fingerprint density at radius 3 is 2.32 bits per heavy atom. The maximum Gasteiger partial charge on any atom is 0.143 e. The second kappa shape index (κ2) is 6.29. The fraction of sp³-hybridized carbons (Fsp3) is 0.0714. The molecule has 96 valence electrons. The molecule has 0 aliphatic carbocycles. The SMILES string of the molecule is N#CC(Nc1cccc(Br)c1)c1c(Cl)cccc1Cl. The number of nitrogens with zero attached hydrogens (tertiary/aromatic N) is 1. The molecule has 2 aromatic rings. The Kier molecular flexibility index (Phi) is 4.71. The lowest BCUT2D eigenvalue weighted by Crippen LogP contribution is -2.09. The highest BCUT2D eigenvalue weighted by Gasteiger charge is 2.17. The molecule has 0 aliphatic heterocycles. The summed E-state index contributed by atoms with van der Waals surface area (Å²) in [5.74, 6) is 0. The van der Waals surface area contributed by atoms with E-state index in [4.69, 9.17) is 23.2 Å². The van der Waals surface area contributed by atoms with Crippen molar-refractivity contribution in [2.24, 2.45) is 0 Å². The molecule has 0 saturated heterocycles. The van der Waals surface area contributed by atoms with Gasteiger partial charge in [0.1, 0.15) is 6.04 Å². The number of anilines is 1. The number of nitriles is 1. The van der Waals surface area contributed by atoms with Crippen molar-refractivity contribution in [3.8, 4) is 6.07 Å². The van der Waals surface area contributed by atoms with Crippen LogP contribution >= 0.6 is 39.1 Å². The quantitative estimate of drug-likeness (QED) is 0.796. The van der Waals surface area contributed by atoms with Crippen LogP contribution in [-0.2, 0) is 0 Å². The molecule has 19 heavy (non-hydrogen) atoms. The zero-order valence-corrected chi connectivity index (χ0v) is 12.8. The van der Waals surface area contributed by atoms with Crippen molar-refractivity contribution in [1.82, 2.24) is 0 Å². The minimum absolute atomic E-state index is 0.474. The standard InChI is InChI=1S/C14H9BrCl2N2/c15-9-3-1-4-10(7-9)19-13(8-18)14-11(16)5-2-6-12(14)17/h1-7,13,19H. The van der Waals surface area contributed by atoms with Gasteiger partial charge in [-0.05, 0) is 30.3 Å². The number of benzene rings is 2. The van der Waals surface area contributed by atoms with Gasteiger partial charge in [0.15, 0.2) is 0 Å². The molecular weight excluding hydrogens is 347 g/mol. The van der Waals surface area contributed by atoms with Crippen molar-refractivity contribution in [2.75, 3.05) is 5.32 Å². The highest BCUT2D eigenvalue weighted by molar-refractivity contribution is 9.10. The summed E-state index contributed by atoms with van der Waals surface area (Å²) in [6.07, 6.45) is 0. The van der Waals surface area contributed by atoms with Crippen molar-refractivity contribution in [3.63, 3.8) is 0 Å². The summed E-state index contributed by atoms with van der Waals surface area (Å²) in [5.41, 5.74) is 1.41. The zero-order valence-electron chi connectivity index (χ0n) is 9.70. The van der Waals surface area contributed by atoms with Crippen molar-refractivity contribution in [2.45, 2.75) is 6.04 Å². The van der Waals surface area contributed by atoms with Gasteiger partial charge in [0.2, 0.25) is 0 Å². The van der Waals surface area contributed by atoms with Gasteiger partial charge in [0, 0.05) is 25.8 Å². The summed E-state index contributed by atoms with van der Waals surface area (Å²) >= 11 is 15.6. The summed E-state index contributed by atoms with van der Waals surface area (Å²) in [4.78, 5) is 0. The Balaban J connectivity index is 2.34. The fourth-order valence-corrected chi connectivity index (χ4v) is 2.72. The minimum atomic E-state index is -0.601. The first-order valence-corrected chi connectivity index (χ1v) is 7.02. The van der Waals surface area contributed by atoms with E-state index < -0.39 is 6.04 Å². The molecule has 0 aliphatic rings. The third-order valence-electron chi connectivity index (χ3n) is 2.55. The van der Waals surface area contributed by atoms with E-state index in [1.807, 2.05) is 24.3 Å². The molecule has 1 N–H and O–H groups in total. The molecular formula is C14H9BrCl2N2. The average Bonchev–Trinajstić information content (AvgIpc) is 2.37.